The van der Waals surface area contributed by atoms with E-state index in [4.69, 9.17) is 15.4 Å². The summed E-state index contributed by atoms with van der Waals surface area (Å²) in [4.78, 5) is 28.5. The van der Waals surface area contributed by atoms with Crippen LogP contribution < -0.4 is 20.7 Å². The second-order valence-corrected chi connectivity index (χ2v) is 10.2. The van der Waals surface area contributed by atoms with Crippen LogP contribution in [0, 0.1) is 5.41 Å². The van der Waals surface area contributed by atoms with E-state index in [-0.39, 0.29) is 11.8 Å². The minimum absolute atomic E-state index is 0.290. The molecule has 35 heavy (non-hydrogen) atoms. The minimum Gasteiger partial charge on any atom is -0.429 e. The number of anilines is 1. The molecule has 1 unspecified atom stereocenters. The number of carbonyl (C=O) groups excluding carboxylic acids is 2. The molecule has 2 aliphatic rings. The van der Waals surface area contributed by atoms with Crippen molar-refractivity contribution in [2.45, 2.75) is 55.7 Å². The van der Waals surface area contributed by atoms with Crippen LogP contribution >= 0.6 is 11.9 Å². The zero-order valence-corrected chi connectivity index (χ0v) is 20.7. The van der Waals surface area contributed by atoms with Crippen molar-refractivity contribution in [3.8, 4) is 0 Å². The quantitative estimate of drug-likeness (QED) is 0.183. The number of para-hydroxylation sites is 1. The van der Waals surface area contributed by atoms with E-state index in [2.05, 4.69) is 14.9 Å². The molecule has 1 fully saturated rings. The molecule has 0 aromatic heterocycles. The lowest BCUT2D eigenvalue weighted by Crippen LogP contribution is -2.53. The topological polar surface area (TPSA) is 117 Å². The van der Waals surface area contributed by atoms with Crippen molar-refractivity contribution in [3.05, 3.63) is 59.7 Å². The minimum atomic E-state index is -1.20. The maximum Gasteiger partial charge on any atom is 0.486 e. The van der Waals surface area contributed by atoms with E-state index in [0.29, 0.717) is 39.9 Å². The third kappa shape index (κ3) is 5.35. The largest absolute Gasteiger partial charge is 0.486 e. The molecule has 8 nitrogen and oxygen atoms in total. The number of nitrogens with one attached hydrogen (secondary N) is 2. The van der Waals surface area contributed by atoms with Gasteiger partial charge in [-0.15, -0.1) is 0 Å². The Morgan fingerprint density at radius 1 is 1.17 bits per heavy atom. The Morgan fingerprint density at radius 2 is 1.86 bits per heavy atom. The summed E-state index contributed by atoms with van der Waals surface area (Å²) in [6, 6.07) is 15.6. The van der Waals surface area contributed by atoms with Crippen LogP contribution in [0.2, 0.25) is 0 Å². The van der Waals surface area contributed by atoms with Crippen LogP contribution in [0.15, 0.2) is 53.4 Å². The smallest absolute Gasteiger partial charge is 0.429 e. The van der Waals surface area contributed by atoms with E-state index in [9.17, 15) is 9.59 Å². The van der Waals surface area contributed by atoms with Crippen LogP contribution in [0.5, 0.6) is 0 Å². The molecule has 1 radical (unpaired) electrons. The zero-order valence-electron chi connectivity index (χ0n) is 19.9. The predicted octanol–water partition coefficient (Wildman–Crippen LogP) is 2.63. The number of fused-ring (bicyclic) bond motifs is 2. The number of nitrogens with two attached hydrogens (primary N) is 1. The molecule has 10 heteroatoms. The van der Waals surface area contributed by atoms with Crippen LogP contribution in [-0.2, 0) is 14.2 Å². The Bertz CT molecular complexity index is 1050. The van der Waals surface area contributed by atoms with Crippen LogP contribution in [0.1, 0.15) is 55.7 Å². The highest BCUT2D eigenvalue weighted by Crippen LogP contribution is 2.44. The van der Waals surface area contributed by atoms with Gasteiger partial charge in [-0.2, -0.15) is 0 Å². The Kier molecular flexibility index (Phi) is 8.38. The van der Waals surface area contributed by atoms with Crippen molar-refractivity contribution in [1.82, 2.24) is 10.6 Å². The number of benzene rings is 2. The van der Waals surface area contributed by atoms with Crippen molar-refractivity contribution in [2.75, 3.05) is 17.9 Å². The fourth-order valence-corrected chi connectivity index (χ4v) is 5.97. The van der Waals surface area contributed by atoms with Crippen LogP contribution in [0.25, 0.3) is 0 Å². The third-order valence-corrected chi connectivity index (χ3v) is 7.88. The lowest BCUT2D eigenvalue weighted by molar-refractivity contribution is -0.145. The van der Waals surface area contributed by atoms with E-state index in [1.54, 1.807) is 11.9 Å². The van der Waals surface area contributed by atoms with Gasteiger partial charge >= 0.3 is 7.69 Å². The fraction of sp³-hybridized carbons (Fsp3) is 0.440. The first kappa shape index (κ1) is 25.6. The van der Waals surface area contributed by atoms with Gasteiger partial charge in [0.25, 0.3) is 0 Å². The first-order valence-corrected chi connectivity index (χ1v) is 12.8. The standard InChI is InChI=1S/C25H32BN4O4S/c1-30-19-11-4-2-9-17(19)22(18-10-3-5-12-20(18)35-30)29-24(32)25(14-6-7-15-25)23(31)28-21(34-26-33)13-8-16-27/h2-5,9-12,21-22,33H,6-8,13-16,27H2,1H3,(H,28,31)(H,29,32)/t21-,22?/m1/s1. The SMILES string of the molecule is CN1Sc2ccccc2C(NC(=O)C2(C(=O)N[C@@H](CCCN)O[B]O)CCCC2)c2ccccc21. The molecule has 0 spiro atoms. The summed E-state index contributed by atoms with van der Waals surface area (Å²) in [6.45, 7) is 0.430. The first-order valence-electron chi connectivity index (χ1n) is 12.0. The van der Waals surface area contributed by atoms with E-state index in [1.807, 2.05) is 55.6 Å². The summed E-state index contributed by atoms with van der Waals surface area (Å²) in [7, 11) is 2.58. The Balaban J connectivity index is 1.64. The van der Waals surface area contributed by atoms with Crippen molar-refractivity contribution < 1.29 is 19.3 Å². The third-order valence-electron chi connectivity index (χ3n) is 6.84. The predicted molar refractivity (Wildman–Crippen MR) is 137 cm³/mol. The van der Waals surface area contributed by atoms with E-state index >= 15 is 0 Å². The first-order chi connectivity index (χ1) is 17.0. The van der Waals surface area contributed by atoms with Gasteiger partial charge in [0.15, 0.2) is 0 Å². The van der Waals surface area contributed by atoms with Gasteiger partial charge in [0.2, 0.25) is 11.8 Å². The second-order valence-electron chi connectivity index (χ2n) is 9.02. The van der Waals surface area contributed by atoms with Gasteiger partial charge in [0.1, 0.15) is 11.6 Å². The Labute approximate surface area is 211 Å². The molecule has 1 saturated carbocycles. The van der Waals surface area contributed by atoms with Crippen molar-refractivity contribution >= 4 is 37.1 Å². The summed E-state index contributed by atoms with van der Waals surface area (Å²) >= 11 is 1.61. The molecule has 2 amide bonds. The van der Waals surface area contributed by atoms with E-state index in [0.717, 1.165) is 34.6 Å². The second kappa shape index (κ2) is 11.5. The molecule has 185 valence electrons. The number of rotatable bonds is 9. The number of carbonyl (C=O) groups is 2. The lowest BCUT2D eigenvalue weighted by atomic mass is 9.83. The van der Waals surface area contributed by atoms with Gasteiger partial charge in [0, 0.05) is 17.5 Å². The summed E-state index contributed by atoms with van der Waals surface area (Å²) < 4.78 is 7.27. The van der Waals surface area contributed by atoms with Gasteiger partial charge in [-0.3, -0.25) is 9.59 Å². The number of hydrogen-bond donors (Lipinski definition) is 4. The van der Waals surface area contributed by atoms with E-state index in [1.165, 1.54) is 0 Å². The van der Waals surface area contributed by atoms with Crippen molar-refractivity contribution in [2.24, 2.45) is 11.1 Å². The molecule has 1 heterocycles. The molecular formula is C25H32BN4O4S. The van der Waals surface area contributed by atoms with Gasteiger partial charge in [-0.1, -0.05) is 49.2 Å². The highest BCUT2D eigenvalue weighted by Gasteiger charge is 2.49. The summed E-state index contributed by atoms with van der Waals surface area (Å²) in [6.07, 6.45) is 2.80. The Morgan fingerprint density at radius 3 is 2.57 bits per heavy atom. The van der Waals surface area contributed by atoms with Crippen LogP contribution in [0.3, 0.4) is 0 Å². The Hall–Kier alpha value is -2.53. The van der Waals surface area contributed by atoms with Gasteiger partial charge < -0.3 is 30.4 Å². The van der Waals surface area contributed by atoms with Crippen LogP contribution in [0.4, 0.5) is 5.69 Å². The monoisotopic (exact) mass is 495 g/mol. The van der Waals surface area contributed by atoms with Gasteiger partial charge in [-0.25, -0.2) is 0 Å². The molecule has 2 atom stereocenters. The van der Waals surface area contributed by atoms with Gasteiger partial charge in [-0.05, 0) is 61.9 Å². The van der Waals surface area contributed by atoms with Crippen molar-refractivity contribution in [1.29, 1.82) is 0 Å². The fourth-order valence-electron chi connectivity index (χ4n) is 4.98. The highest BCUT2D eigenvalue weighted by molar-refractivity contribution is 8.00. The summed E-state index contributed by atoms with van der Waals surface area (Å²) in [5.74, 6) is -0.666. The number of hydrogen-bond acceptors (Lipinski definition) is 7. The number of nitrogens with zero attached hydrogens (tertiary/aromatic N) is 1. The molecule has 2 aromatic carbocycles. The van der Waals surface area contributed by atoms with Gasteiger partial charge in [0.05, 0.1) is 11.7 Å². The van der Waals surface area contributed by atoms with Crippen LogP contribution in [-0.4, -0.2) is 44.3 Å². The average Bonchev–Trinajstić information content (AvgIpc) is 3.34. The molecule has 5 N–H and O–H groups in total. The molecular weight excluding hydrogens is 463 g/mol. The molecule has 0 bridgehead atoms. The molecule has 1 aliphatic carbocycles. The highest BCUT2D eigenvalue weighted by atomic mass is 32.2. The summed E-state index contributed by atoms with van der Waals surface area (Å²) in [5, 5.41) is 15.2. The molecule has 4 rings (SSSR count). The molecule has 1 aliphatic heterocycles. The molecule has 2 aromatic rings. The average molecular weight is 495 g/mol. The molecule has 0 saturated heterocycles. The maximum absolute atomic E-state index is 13.9. The van der Waals surface area contributed by atoms with Crippen molar-refractivity contribution in [3.63, 3.8) is 0 Å². The summed E-state index contributed by atoms with van der Waals surface area (Å²) in [5.41, 5.74) is 7.38. The normalized spacial score (nSPS) is 19.2. The maximum atomic E-state index is 13.9. The van der Waals surface area contributed by atoms with E-state index < -0.39 is 17.7 Å². The number of amides is 2. The lowest BCUT2D eigenvalue weighted by Gasteiger charge is -2.31. The zero-order chi connectivity index (χ0) is 24.8.